The highest BCUT2D eigenvalue weighted by Gasteiger charge is 2.62. The Kier molecular flexibility index (Phi) is 4.39. The monoisotopic (exact) mass is 359 g/mol. The molecule has 5 rings (SSSR count). The van der Waals surface area contributed by atoms with Gasteiger partial charge in [0, 0.05) is 11.5 Å². The molecule has 0 radical (unpaired) electrons. The van der Waals surface area contributed by atoms with E-state index in [2.05, 4.69) is 66.4 Å². The molecule has 3 atom stereocenters. The van der Waals surface area contributed by atoms with Gasteiger partial charge in [-0.1, -0.05) is 61.0 Å². The second kappa shape index (κ2) is 6.78. The van der Waals surface area contributed by atoms with Gasteiger partial charge in [0.2, 0.25) is 0 Å². The Bertz CT molecular complexity index is 797. The van der Waals surface area contributed by atoms with Gasteiger partial charge in [-0.15, -0.1) is 0 Å². The van der Waals surface area contributed by atoms with E-state index in [1.165, 1.54) is 70.0 Å². The van der Waals surface area contributed by atoms with Crippen LogP contribution in [-0.2, 0) is 18.3 Å². The Labute approximate surface area is 164 Å². The topological polar surface area (TPSA) is 3.24 Å². The van der Waals surface area contributed by atoms with Crippen LogP contribution in [0.25, 0.3) is 0 Å². The first kappa shape index (κ1) is 17.5. The first-order valence-corrected chi connectivity index (χ1v) is 11.1. The summed E-state index contributed by atoms with van der Waals surface area (Å²) in [6.45, 7) is 5.11. The Morgan fingerprint density at radius 1 is 0.926 bits per heavy atom. The van der Waals surface area contributed by atoms with Gasteiger partial charge in [-0.25, -0.2) is 0 Å². The van der Waals surface area contributed by atoms with Crippen molar-refractivity contribution in [1.82, 2.24) is 4.90 Å². The summed E-state index contributed by atoms with van der Waals surface area (Å²) in [5, 5.41) is 0. The van der Waals surface area contributed by atoms with Gasteiger partial charge in [0.05, 0.1) is 0 Å². The van der Waals surface area contributed by atoms with Crippen LogP contribution in [0.4, 0.5) is 0 Å². The average molecular weight is 360 g/mol. The van der Waals surface area contributed by atoms with Crippen LogP contribution in [0.15, 0.2) is 54.6 Å². The van der Waals surface area contributed by atoms with Crippen LogP contribution in [0.2, 0.25) is 0 Å². The molecule has 1 nitrogen and oxygen atoms in total. The highest BCUT2D eigenvalue weighted by molar-refractivity contribution is 5.42. The van der Waals surface area contributed by atoms with E-state index in [1.807, 2.05) is 0 Å². The normalized spacial score (nSPS) is 32.6. The molecular formula is C26H33N. The minimum Gasteiger partial charge on any atom is -0.300 e. The molecule has 0 spiro atoms. The lowest BCUT2D eigenvalue weighted by molar-refractivity contribution is -0.0441. The summed E-state index contributed by atoms with van der Waals surface area (Å²) in [5.41, 5.74) is 5.86. The van der Waals surface area contributed by atoms with Crippen LogP contribution >= 0.6 is 0 Å². The molecule has 2 aliphatic carbocycles. The van der Waals surface area contributed by atoms with Crippen LogP contribution in [0.1, 0.15) is 62.1 Å². The average Bonchev–Trinajstić information content (AvgIpc) is 3.13. The number of hydrogen-bond acceptors (Lipinski definition) is 1. The van der Waals surface area contributed by atoms with Crippen molar-refractivity contribution in [3.05, 3.63) is 71.3 Å². The van der Waals surface area contributed by atoms with E-state index in [9.17, 15) is 0 Å². The van der Waals surface area contributed by atoms with Gasteiger partial charge in [0.25, 0.3) is 0 Å². The maximum atomic E-state index is 2.85. The SMILES string of the molecule is CC1N(CCCc2ccccc2)CCC23CCCC12CCc1ccccc13. The third-order valence-electron chi connectivity index (χ3n) is 8.48. The second-order valence-corrected chi connectivity index (χ2v) is 9.30. The lowest BCUT2D eigenvalue weighted by Gasteiger charge is -2.60. The molecule has 1 heterocycles. The number of piperidine rings is 1. The molecule has 0 amide bonds. The maximum Gasteiger partial charge on any atom is 0.0132 e. The molecule has 0 aromatic heterocycles. The lowest BCUT2D eigenvalue weighted by Crippen LogP contribution is -2.62. The zero-order valence-corrected chi connectivity index (χ0v) is 16.8. The van der Waals surface area contributed by atoms with Crippen LogP contribution in [0, 0.1) is 5.41 Å². The third kappa shape index (κ3) is 2.62. The number of likely N-dealkylation sites (tertiary alicyclic amines) is 1. The van der Waals surface area contributed by atoms with Crippen molar-refractivity contribution in [2.24, 2.45) is 5.41 Å². The van der Waals surface area contributed by atoms with Gasteiger partial charge in [-0.05, 0) is 87.1 Å². The van der Waals surface area contributed by atoms with E-state index in [4.69, 9.17) is 0 Å². The molecule has 2 aromatic carbocycles. The Morgan fingerprint density at radius 2 is 1.74 bits per heavy atom. The molecule has 0 bridgehead atoms. The minimum absolute atomic E-state index is 0.469. The van der Waals surface area contributed by atoms with Crippen molar-refractivity contribution in [2.75, 3.05) is 13.1 Å². The molecule has 1 heteroatoms. The van der Waals surface area contributed by atoms with Gasteiger partial charge < -0.3 is 4.90 Å². The number of rotatable bonds is 4. The Balaban J connectivity index is 1.36. The molecule has 3 unspecified atom stereocenters. The van der Waals surface area contributed by atoms with Crippen LogP contribution in [0.5, 0.6) is 0 Å². The molecule has 0 N–H and O–H groups in total. The molecule has 142 valence electrons. The largest absolute Gasteiger partial charge is 0.300 e. The summed E-state index contributed by atoms with van der Waals surface area (Å²) >= 11 is 0. The highest BCUT2D eigenvalue weighted by atomic mass is 15.2. The third-order valence-corrected chi connectivity index (χ3v) is 8.48. The fourth-order valence-corrected chi connectivity index (χ4v) is 7.16. The summed E-state index contributed by atoms with van der Waals surface area (Å²) in [7, 11) is 0. The minimum atomic E-state index is 0.469. The van der Waals surface area contributed by atoms with E-state index in [0.717, 1.165) is 6.04 Å². The molecule has 27 heavy (non-hydrogen) atoms. The predicted molar refractivity (Wildman–Crippen MR) is 113 cm³/mol. The zero-order valence-electron chi connectivity index (χ0n) is 16.8. The van der Waals surface area contributed by atoms with Gasteiger partial charge in [-0.3, -0.25) is 0 Å². The summed E-state index contributed by atoms with van der Waals surface area (Å²) in [6, 6.07) is 21.2. The van der Waals surface area contributed by atoms with Gasteiger partial charge >= 0.3 is 0 Å². The highest BCUT2D eigenvalue weighted by Crippen LogP contribution is 2.65. The van der Waals surface area contributed by atoms with Crippen LogP contribution < -0.4 is 0 Å². The van der Waals surface area contributed by atoms with E-state index in [-0.39, 0.29) is 0 Å². The van der Waals surface area contributed by atoms with E-state index >= 15 is 0 Å². The summed E-state index contributed by atoms with van der Waals surface area (Å²) in [5.74, 6) is 0. The summed E-state index contributed by atoms with van der Waals surface area (Å²) in [6.07, 6.45) is 10.9. The number of fused-ring (bicyclic) bond motifs is 1. The smallest absolute Gasteiger partial charge is 0.0132 e. The second-order valence-electron chi connectivity index (χ2n) is 9.30. The fraction of sp³-hybridized carbons (Fsp3) is 0.538. The van der Waals surface area contributed by atoms with Crippen molar-refractivity contribution in [3.8, 4) is 0 Å². The first-order valence-electron chi connectivity index (χ1n) is 11.1. The van der Waals surface area contributed by atoms with E-state index < -0.39 is 0 Å². The van der Waals surface area contributed by atoms with Crippen molar-refractivity contribution >= 4 is 0 Å². The molecule has 2 aromatic rings. The number of hydrogen-bond donors (Lipinski definition) is 0. The van der Waals surface area contributed by atoms with Crippen molar-refractivity contribution in [2.45, 2.75) is 69.7 Å². The van der Waals surface area contributed by atoms with Gasteiger partial charge in [0.1, 0.15) is 0 Å². The van der Waals surface area contributed by atoms with Crippen molar-refractivity contribution in [3.63, 3.8) is 0 Å². The lowest BCUT2D eigenvalue weighted by atomic mass is 9.50. The van der Waals surface area contributed by atoms with Gasteiger partial charge in [0.15, 0.2) is 0 Å². The molecule has 1 aliphatic heterocycles. The zero-order chi connectivity index (χ0) is 18.3. The summed E-state index contributed by atoms with van der Waals surface area (Å²) in [4.78, 5) is 2.85. The Hall–Kier alpha value is -1.60. The van der Waals surface area contributed by atoms with Crippen molar-refractivity contribution < 1.29 is 0 Å². The molecule has 1 saturated heterocycles. The van der Waals surface area contributed by atoms with Crippen LogP contribution in [-0.4, -0.2) is 24.0 Å². The molecule has 3 aliphatic rings. The van der Waals surface area contributed by atoms with Gasteiger partial charge in [-0.2, -0.15) is 0 Å². The van der Waals surface area contributed by atoms with Crippen LogP contribution in [0.3, 0.4) is 0 Å². The number of aryl methyl sites for hydroxylation is 2. The quantitative estimate of drug-likeness (QED) is 0.670. The number of benzene rings is 2. The number of nitrogens with zero attached hydrogens (tertiary/aromatic N) is 1. The molecule has 1 saturated carbocycles. The first-order chi connectivity index (χ1) is 13.3. The standard InChI is InChI=1S/C26H33N/c1-21-25-15-8-16-26(25,24-13-6-5-12-23(24)14-17-25)18-20-27(21)19-7-11-22-9-3-2-4-10-22/h2-6,9-10,12-13,21H,7-8,11,14-20H2,1H3. The molecular weight excluding hydrogens is 326 g/mol. The summed E-state index contributed by atoms with van der Waals surface area (Å²) < 4.78 is 0. The van der Waals surface area contributed by atoms with Crippen molar-refractivity contribution in [1.29, 1.82) is 0 Å². The van der Waals surface area contributed by atoms with E-state index in [0.29, 0.717) is 10.8 Å². The van der Waals surface area contributed by atoms with E-state index in [1.54, 1.807) is 11.1 Å². The fourth-order valence-electron chi connectivity index (χ4n) is 7.16. The predicted octanol–water partition coefficient (Wildman–Crippen LogP) is 5.77. The Morgan fingerprint density at radius 3 is 2.63 bits per heavy atom. The molecule has 2 fully saturated rings. The maximum absolute atomic E-state index is 2.85.